The van der Waals surface area contributed by atoms with Gasteiger partial charge in [-0.2, -0.15) is 0 Å². The van der Waals surface area contributed by atoms with Crippen LogP contribution in [0.2, 0.25) is 0 Å². The number of hydrogen-bond donors (Lipinski definition) is 1. The molecule has 1 aliphatic rings. The molecule has 7 heteroatoms. The first-order chi connectivity index (χ1) is 11.8. The second-order valence-electron chi connectivity index (χ2n) is 6.11. The molecule has 25 heavy (non-hydrogen) atoms. The van der Waals surface area contributed by atoms with Crippen molar-refractivity contribution in [2.75, 3.05) is 22.4 Å². The van der Waals surface area contributed by atoms with Crippen LogP contribution in [0.4, 0.5) is 15.8 Å². The lowest BCUT2D eigenvalue weighted by atomic mass is 10.1. The van der Waals surface area contributed by atoms with Crippen molar-refractivity contribution in [3.8, 4) is 0 Å². The number of anilines is 2. The third-order valence-corrected chi connectivity index (χ3v) is 5.33. The minimum absolute atomic E-state index is 0.165. The summed E-state index contributed by atoms with van der Waals surface area (Å²) < 4.78 is 38.0. The molecule has 2 aromatic rings. The molecule has 0 atom stereocenters. The van der Waals surface area contributed by atoms with E-state index in [9.17, 15) is 17.6 Å². The molecule has 0 bridgehead atoms. The zero-order valence-corrected chi connectivity index (χ0v) is 14.6. The third kappa shape index (κ3) is 4.17. The van der Waals surface area contributed by atoms with Gasteiger partial charge in [0.15, 0.2) is 0 Å². The molecule has 0 unspecified atom stereocenters. The van der Waals surface area contributed by atoms with Gasteiger partial charge < -0.3 is 5.32 Å². The smallest absolute Gasteiger partial charge is 0.232 e. The predicted octanol–water partition coefficient (Wildman–Crippen LogP) is 2.72. The molecule has 5 nitrogen and oxygen atoms in total. The molecule has 2 aromatic carbocycles. The van der Waals surface area contributed by atoms with Crippen LogP contribution in [0.25, 0.3) is 0 Å². The molecule has 0 fully saturated rings. The molecule has 1 amide bonds. The molecular weight excluding hydrogens is 343 g/mol. The normalized spacial score (nSPS) is 13.6. The van der Waals surface area contributed by atoms with Gasteiger partial charge >= 0.3 is 0 Å². The van der Waals surface area contributed by atoms with Gasteiger partial charge in [-0.3, -0.25) is 9.10 Å². The van der Waals surface area contributed by atoms with Crippen LogP contribution >= 0.6 is 0 Å². The van der Waals surface area contributed by atoms with E-state index in [-0.39, 0.29) is 18.1 Å². The first kappa shape index (κ1) is 17.4. The molecule has 0 radical (unpaired) electrons. The van der Waals surface area contributed by atoms with Gasteiger partial charge in [0.25, 0.3) is 0 Å². The van der Waals surface area contributed by atoms with Crippen LogP contribution in [0, 0.1) is 5.82 Å². The van der Waals surface area contributed by atoms with Crippen molar-refractivity contribution in [3.63, 3.8) is 0 Å². The number of sulfonamides is 1. The lowest BCUT2D eigenvalue weighted by molar-refractivity contribution is -0.116. The average molecular weight is 362 g/mol. The zero-order chi connectivity index (χ0) is 18.0. The molecule has 1 heterocycles. The predicted molar refractivity (Wildman–Crippen MR) is 95.7 cm³/mol. The first-order valence-electron chi connectivity index (χ1n) is 7.98. The van der Waals surface area contributed by atoms with Gasteiger partial charge in [0.1, 0.15) is 5.82 Å². The van der Waals surface area contributed by atoms with Crippen LogP contribution in [0.5, 0.6) is 0 Å². The van der Waals surface area contributed by atoms with Crippen LogP contribution in [0.15, 0.2) is 42.5 Å². The fourth-order valence-corrected chi connectivity index (χ4v) is 3.93. The fourth-order valence-electron chi connectivity index (χ4n) is 2.97. The van der Waals surface area contributed by atoms with Gasteiger partial charge in [0.2, 0.25) is 15.9 Å². The van der Waals surface area contributed by atoms with Crippen LogP contribution in [0.3, 0.4) is 0 Å². The highest BCUT2D eigenvalue weighted by molar-refractivity contribution is 7.92. The Balaban J connectivity index is 1.63. The topological polar surface area (TPSA) is 66.5 Å². The second kappa shape index (κ2) is 6.84. The van der Waals surface area contributed by atoms with Crippen molar-refractivity contribution in [1.82, 2.24) is 0 Å². The van der Waals surface area contributed by atoms with Gasteiger partial charge in [0.05, 0.1) is 11.9 Å². The molecule has 132 valence electrons. The van der Waals surface area contributed by atoms with Crippen molar-refractivity contribution >= 4 is 27.3 Å². The second-order valence-corrected chi connectivity index (χ2v) is 8.01. The van der Waals surface area contributed by atoms with E-state index in [1.165, 1.54) is 22.7 Å². The highest BCUT2D eigenvalue weighted by Crippen LogP contribution is 2.32. The Morgan fingerprint density at radius 1 is 1.24 bits per heavy atom. The summed E-state index contributed by atoms with van der Waals surface area (Å²) in [5, 5.41) is 2.81. The Morgan fingerprint density at radius 3 is 2.76 bits per heavy atom. The van der Waals surface area contributed by atoms with E-state index in [0.29, 0.717) is 30.8 Å². The van der Waals surface area contributed by atoms with Crippen LogP contribution < -0.4 is 9.62 Å². The Kier molecular flexibility index (Phi) is 4.76. The van der Waals surface area contributed by atoms with E-state index in [4.69, 9.17) is 0 Å². The summed E-state index contributed by atoms with van der Waals surface area (Å²) in [4.78, 5) is 12.1. The molecule has 0 saturated heterocycles. The van der Waals surface area contributed by atoms with Gasteiger partial charge in [0, 0.05) is 18.7 Å². The summed E-state index contributed by atoms with van der Waals surface area (Å²) in [6, 6.07) is 11.4. The molecule has 1 aliphatic heterocycles. The number of rotatable bonds is 5. The van der Waals surface area contributed by atoms with Crippen molar-refractivity contribution in [2.24, 2.45) is 0 Å². The summed E-state index contributed by atoms with van der Waals surface area (Å²) in [5.41, 5.74) is 2.97. The van der Waals surface area contributed by atoms with E-state index in [1.54, 1.807) is 30.3 Å². The minimum Gasteiger partial charge on any atom is -0.326 e. The van der Waals surface area contributed by atoms with Gasteiger partial charge in [-0.05, 0) is 54.3 Å². The Morgan fingerprint density at radius 2 is 2.04 bits per heavy atom. The average Bonchev–Trinajstić information content (AvgIpc) is 2.96. The molecule has 1 N–H and O–H groups in total. The lowest BCUT2D eigenvalue weighted by Crippen LogP contribution is -2.27. The van der Waals surface area contributed by atoms with Gasteiger partial charge in [-0.1, -0.05) is 12.1 Å². The molecule has 3 rings (SSSR count). The van der Waals surface area contributed by atoms with E-state index in [2.05, 4.69) is 5.32 Å². The standard InChI is InChI=1S/C18H19FN2O3S/c1-25(23,24)21-10-9-14-12-16(6-7-17(14)21)20-18(22)8-5-13-3-2-4-15(19)11-13/h2-4,6-7,11-12H,5,8-10H2,1H3,(H,20,22). The van der Waals surface area contributed by atoms with Crippen molar-refractivity contribution in [1.29, 1.82) is 0 Å². The lowest BCUT2D eigenvalue weighted by Gasteiger charge is -2.16. The quantitative estimate of drug-likeness (QED) is 0.889. The van der Waals surface area contributed by atoms with Crippen LogP contribution in [-0.4, -0.2) is 27.1 Å². The Hall–Kier alpha value is -2.41. The highest BCUT2D eigenvalue weighted by atomic mass is 32.2. The van der Waals surface area contributed by atoms with E-state index in [0.717, 1.165) is 11.1 Å². The summed E-state index contributed by atoms with van der Waals surface area (Å²) in [5.74, 6) is -0.478. The van der Waals surface area contributed by atoms with Gasteiger partial charge in [-0.15, -0.1) is 0 Å². The number of nitrogens with one attached hydrogen (secondary N) is 1. The van der Waals surface area contributed by atoms with E-state index < -0.39 is 10.0 Å². The number of fused-ring (bicyclic) bond motifs is 1. The molecule has 0 aliphatic carbocycles. The minimum atomic E-state index is -3.28. The SMILES string of the molecule is CS(=O)(=O)N1CCc2cc(NC(=O)CCc3cccc(F)c3)ccc21. The van der Waals surface area contributed by atoms with Crippen molar-refractivity contribution in [3.05, 3.63) is 59.4 Å². The number of amides is 1. The number of hydrogen-bond acceptors (Lipinski definition) is 3. The van der Waals surface area contributed by atoms with E-state index >= 15 is 0 Å². The van der Waals surface area contributed by atoms with Crippen LogP contribution in [0.1, 0.15) is 17.5 Å². The monoisotopic (exact) mass is 362 g/mol. The van der Waals surface area contributed by atoms with Gasteiger partial charge in [-0.25, -0.2) is 12.8 Å². The maximum atomic E-state index is 13.1. The van der Waals surface area contributed by atoms with Crippen molar-refractivity contribution < 1.29 is 17.6 Å². The third-order valence-electron chi connectivity index (χ3n) is 4.15. The molecule has 0 aromatic heterocycles. The summed E-state index contributed by atoms with van der Waals surface area (Å²) in [6.07, 6.45) is 2.51. The Bertz CT molecular complexity index is 912. The number of carbonyl (C=O) groups is 1. The number of nitrogens with zero attached hydrogens (tertiary/aromatic N) is 1. The van der Waals surface area contributed by atoms with Crippen LogP contribution in [-0.2, 0) is 27.7 Å². The van der Waals surface area contributed by atoms with E-state index in [1.807, 2.05) is 0 Å². The largest absolute Gasteiger partial charge is 0.326 e. The summed E-state index contributed by atoms with van der Waals surface area (Å²) in [6.45, 7) is 0.422. The number of carbonyl (C=O) groups excluding carboxylic acids is 1. The summed E-state index contributed by atoms with van der Waals surface area (Å²) >= 11 is 0. The number of benzene rings is 2. The first-order valence-corrected chi connectivity index (χ1v) is 9.83. The highest BCUT2D eigenvalue weighted by Gasteiger charge is 2.26. The van der Waals surface area contributed by atoms with Crippen molar-refractivity contribution in [2.45, 2.75) is 19.3 Å². The maximum Gasteiger partial charge on any atom is 0.232 e. The molecular formula is C18H19FN2O3S. The number of aryl methyl sites for hydroxylation is 1. The Labute approximate surface area is 146 Å². The molecule has 0 saturated carbocycles. The molecule has 0 spiro atoms. The summed E-state index contributed by atoms with van der Waals surface area (Å²) in [7, 11) is -3.28. The number of halogens is 1. The fraction of sp³-hybridized carbons (Fsp3) is 0.278. The zero-order valence-electron chi connectivity index (χ0n) is 13.8. The maximum absolute atomic E-state index is 13.1.